The molecular formula is C20H12O7. The Morgan fingerprint density at radius 3 is 1.93 bits per heavy atom. The largest absolute Gasteiger partial charge is 0.508 e. The van der Waals surface area contributed by atoms with E-state index in [1.807, 2.05) is 0 Å². The van der Waals surface area contributed by atoms with Gasteiger partial charge in [0.2, 0.25) is 5.60 Å². The van der Waals surface area contributed by atoms with E-state index in [9.17, 15) is 25.2 Å². The molecule has 0 bridgehead atoms. The second-order valence-corrected chi connectivity index (χ2v) is 6.39. The summed E-state index contributed by atoms with van der Waals surface area (Å²) in [5, 5.41) is 40.9. The molecule has 0 atom stereocenters. The minimum atomic E-state index is -1.69. The minimum Gasteiger partial charge on any atom is -0.508 e. The van der Waals surface area contributed by atoms with Crippen molar-refractivity contribution in [3.05, 3.63) is 70.8 Å². The first kappa shape index (κ1) is 15.4. The molecule has 0 fully saturated rings. The lowest BCUT2D eigenvalue weighted by Gasteiger charge is -2.37. The number of benzene rings is 3. The molecule has 0 saturated carbocycles. The first-order valence-corrected chi connectivity index (χ1v) is 8.05. The summed E-state index contributed by atoms with van der Waals surface area (Å²) in [6.07, 6.45) is 0. The van der Waals surface area contributed by atoms with Gasteiger partial charge in [0, 0.05) is 29.8 Å². The molecule has 2 aliphatic heterocycles. The highest BCUT2D eigenvalue weighted by Gasteiger charge is 2.56. The monoisotopic (exact) mass is 364 g/mol. The summed E-state index contributed by atoms with van der Waals surface area (Å²) in [5.74, 6) is -1.81. The molecule has 0 unspecified atom stereocenters. The number of esters is 1. The molecule has 3 aromatic rings. The number of aromatic hydroxyl groups is 4. The second-order valence-electron chi connectivity index (χ2n) is 6.39. The van der Waals surface area contributed by atoms with Crippen LogP contribution in [-0.4, -0.2) is 26.4 Å². The van der Waals surface area contributed by atoms with Crippen LogP contribution in [0.15, 0.2) is 48.5 Å². The van der Waals surface area contributed by atoms with Crippen molar-refractivity contribution in [2.45, 2.75) is 5.60 Å². The second kappa shape index (κ2) is 4.85. The van der Waals surface area contributed by atoms with Crippen molar-refractivity contribution in [1.82, 2.24) is 0 Å². The molecule has 0 radical (unpaired) electrons. The van der Waals surface area contributed by atoms with Crippen LogP contribution in [0.2, 0.25) is 0 Å². The summed E-state index contributed by atoms with van der Waals surface area (Å²) in [6.45, 7) is 0. The van der Waals surface area contributed by atoms with E-state index < -0.39 is 11.6 Å². The van der Waals surface area contributed by atoms with Crippen LogP contribution in [0, 0.1) is 0 Å². The molecule has 4 N–H and O–H groups in total. The van der Waals surface area contributed by atoms with Gasteiger partial charge in [-0.05, 0) is 6.07 Å². The maximum absolute atomic E-state index is 12.6. The van der Waals surface area contributed by atoms with E-state index in [0.717, 1.165) is 12.1 Å². The third kappa shape index (κ3) is 1.82. The first-order chi connectivity index (χ1) is 12.9. The Morgan fingerprint density at radius 1 is 0.778 bits per heavy atom. The van der Waals surface area contributed by atoms with E-state index in [2.05, 4.69) is 0 Å². The standard InChI is InChI=1S/C20H12O7/c21-9-5-13(23)17-15(7-9)26-16-8-10(22)6-14(24)18(16)20(17)12-4-2-1-3-11(12)19(25)27-20/h1-8,21-24H. The van der Waals surface area contributed by atoms with Gasteiger partial charge in [0.25, 0.3) is 0 Å². The van der Waals surface area contributed by atoms with E-state index >= 15 is 0 Å². The van der Waals surface area contributed by atoms with Gasteiger partial charge in [0.1, 0.15) is 34.5 Å². The van der Waals surface area contributed by atoms with E-state index in [-0.39, 0.29) is 51.2 Å². The highest BCUT2D eigenvalue weighted by molar-refractivity contribution is 5.97. The number of fused-ring (bicyclic) bond motifs is 6. The van der Waals surface area contributed by atoms with Gasteiger partial charge < -0.3 is 29.9 Å². The molecule has 7 nitrogen and oxygen atoms in total. The van der Waals surface area contributed by atoms with Crippen LogP contribution in [0.25, 0.3) is 0 Å². The molecule has 2 aliphatic rings. The number of phenols is 4. The highest BCUT2D eigenvalue weighted by atomic mass is 16.6. The van der Waals surface area contributed by atoms with Crippen molar-refractivity contribution in [3.8, 4) is 34.5 Å². The SMILES string of the molecule is O=C1OC2(c3ccccc31)c1c(O)cc(O)cc1Oc1cc(O)cc(O)c12. The normalized spacial score (nSPS) is 15.5. The number of phenolic OH excluding ortho intramolecular Hbond substituents is 4. The molecule has 27 heavy (non-hydrogen) atoms. The quantitative estimate of drug-likeness (QED) is 0.453. The van der Waals surface area contributed by atoms with Crippen molar-refractivity contribution < 1.29 is 34.7 Å². The van der Waals surface area contributed by atoms with E-state index in [4.69, 9.17) is 9.47 Å². The van der Waals surface area contributed by atoms with Gasteiger partial charge in [-0.15, -0.1) is 0 Å². The van der Waals surface area contributed by atoms with Gasteiger partial charge in [-0.25, -0.2) is 4.79 Å². The number of hydrogen-bond donors (Lipinski definition) is 4. The van der Waals surface area contributed by atoms with Crippen molar-refractivity contribution in [3.63, 3.8) is 0 Å². The lowest BCUT2D eigenvalue weighted by molar-refractivity contribution is 0.0210. The molecule has 0 amide bonds. The Balaban J connectivity index is 1.97. The third-order valence-corrected chi connectivity index (χ3v) is 4.83. The predicted octanol–water partition coefficient (Wildman–Crippen LogP) is 3.08. The van der Waals surface area contributed by atoms with E-state index in [1.165, 1.54) is 12.1 Å². The van der Waals surface area contributed by atoms with Crippen LogP contribution >= 0.6 is 0 Å². The molecule has 0 aromatic heterocycles. The van der Waals surface area contributed by atoms with Crippen LogP contribution in [0.4, 0.5) is 0 Å². The van der Waals surface area contributed by atoms with Crippen molar-refractivity contribution in [1.29, 1.82) is 0 Å². The van der Waals surface area contributed by atoms with Gasteiger partial charge >= 0.3 is 5.97 Å². The summed E-state index contributed by atoms with van der Waals surface area (Å²) in [4.78, 5) is 12.6. The summed E-state index contributed by atoms with van der Waals surface area (Å²) in [7, 11) is 0. The van der Waals surface area contributed by atoms with Gasteiger partial charge in [-0.2, -0.15) is 0 Å². The fourth-order valence-corrected chi connectivity index (χ4v) is 3.87. The van der Waals surface area contributed by atoms with Gasteiger partial charge in [0.15, 0.2) is 0 Å². The highest BCUT2D eigenvalue weighted by Crippen LogP contribution is 2.61. The molecule has 2 heterocycles. The number of ether oxygens (including phenoxy) is 2. The maximum atomic E-state index is 12.6. The van der Waals surface area contributed by atoms with Crippen molar-refractivity contribution in [2.24, 2.45) is 0 Å². The zero-order valence-electron chi connectivity index (χ0n) is 13.6. The van der Waals surface area contributed by atoms with Gasteiger partial charge in [-0.3, -0.25) is 0 Å². The summed E-state index contributed by atoms with van der Waals surface area (Å²) in [5.41, 5.74) is -0.857. The van der Waals surface area contributed by atoms with Crippen LogP contribution < -0.4 is 4.74 Å². The van der Waals surface area contributed by atoms with Crippen molar-refractivity contribution in [2.75, 3.05) is 0 Å². The zero-order chi connectivity index (χ0) is 18.9. The van der Waals surface area contributed by atoms with Crippen molar-refractivity contribution >= 4 is 5.97 Å². The molecule has 134 valence electrons. The summed E-state index contributed by atoms with van der Waals surface area (Å²) < 4.78 is 11.5. The smallest absolute Gasteiger partial charge is 0.340 e. The summed E-state index contributed by atoms with van der Waals surface area (Å²) >= 11 is 0. The number of carbonyl (C=O) groups is 1. The molecule has 1 spiro atoms. The Bertz CT molecular complexity index is 1090. The first-order valence-electron chi connectivity index (χ1n) is 8.05. The third-order valence-electron chi connectivity index (χ3n) is 4.83. The number of carbonyl (C=O) groups excluding carboxylic acids is 1. The number of hydrogen-bond acceptors (Lipinski definition) is 7. The molecule has 5 rings (SSSR count). The average molecular weight is 364 g/mol. The fourth-order valence-electron chi connectivity index (χ4n) is 3.87. The minimum absolute atomic E-state index is 0.0366. The van der Waals surface area contributed by atoms with Gasteiger partial charge in [0.05, 0.1) is 16.7 Å². The van der Waals surface area contributed by atoms with Crippen LogP contribution in [-0.2, 0) is 10.3 Å². The van der Waals surface area contributed by atoms with E-state index in [0.29, 0.717) is 5.56 Å². The number of rotatable bonds is 0. The van der Waals surface area contributed by atoms with Crippen LogP contribution in [0.3, 0.4) is 0 Å². The lowest BCUT2D eigenvalue weighted by Crippen LogP contribution is -2.33. The zero-order valence-corrected chi connectivity index (χ0v) is 13.6. The Kier molecular flexibility index (Phi) is 2.77. The maximum Gasteiger partial charge on any atom is 0.340 e. The topological polar surface area (TPSA) is 116 Å². The van der Waals surface area contributed by atoms with Crippen LogP contribution in [0.1, 0.15) is 27.0 Å². The van der Waals surface area contributed by atoms with Gasteiger partial charge in [-0.1, -0.05) is 18.2 Å². The average Bonchev–Trinajstić information content (AvgIpc) is 2.87. The Morgan fingerprint density at radius 2 is 1.33 bits per heavy atom. The van der Waals surface area contributed by atoms with E-state index in [1.54, 1.807) is 24.3 Å². The molecule has 0 saturated heterocycles. The lowest BCUT2D eigenvalue weighted by atomic mass is 9.76. The Labute approximate surface area is 152 Å². The fraction of sp³-hybridized carbons (Fsp3) is 0.0500. The molecule has 0 aliphatic carbocycles. The molecular weight excluding hydrogens is 352 g/mol. The summed E-state index contributed by atoms with van der Waals surface area (Å²) in [6, 6.07) is 11.3. The van der Waals surface area contributed by atoms with Crippen LogP contribution in [0.5, 0.6) is 34.5 Å². The molecule has 7 heteroatoms. The molecule has 3 aromatic carbocycles. The Hall–Kier alpha value is -3.87. The predicted molar refractivity (Wildman–Crippen MR) is 91.4 cm³/mol.